The van der Waals surface area contributed by atoms with E-state index in [1.54, 1.807) is 48.5 Å². The van der Waals surface area contributed by atoms with Crippen molar-refractivity contribution in [3.63, 3.8) is 0 Å². The summed E-state index contributed by atoms with van der Waals surface area (Å²) >= 11 is 5.93. The number of anilines is 1. The van der Waals surface area contributed by atoms with Gasteiger partial charge in [0.25, 0.3) is 17.7 Å². The normalized spacial score (nSPS) is 12.8. The molecule has 2 aromatic heterocycles. The fraction of sp³-hybridized carbons (Fsp3) is 0.0870. The Labute approximate surface area is 192 Å². The first-order valence-electron chi connectivity index (χ1n) is 9.99. The Kier molecular flexibility index (Phi) is 5.23. The monoisotopic (exact) mass is 461 g/mol. The molecule has 164 valence electrons. The summed E-state index contributed by atoms with van der Waals surface area (Å²) in [6.45, 7) is -0.142. The van der Waals surface area contributed by atoms with Crippen LogP contribution in [-0.4, -0.2) is 43.9 Å². The molecular weight excluding hydrogens is 446 g/mol. The van der Waals surface area contributed by atoms with Crippen molar-refractivity contribution in [2.45, 2.75) is 6.54 Å². The van der Waals surface area contributed by atoms with Crippen LogP contribution >= 0.6 is 11.6 Å². The lowest BCUT2D eigenvalue weighted by Gasteiger charge is -2.13. The molecular formula is C23H16ClN5O4. The Balaban J connectivity index is 1.41. The molecule has 9 nitrogen and oxygen atoms in total. The summed E-state index contributed by atoms with van der Waals surface area (Å²) in [5.41, 5.74) is 1.44. The summed E-state index contributed by atoms with van der Waals surface area (Å²) in [5, 5.41) is 7.93. The largest absolute Gasteiger partial charge is 0.461 e. The lowest BCUT2D eigenvalue weighted by atomic mass is 10.1. The SMILES string of the molecule is O=C1c2ccccc2C(=O)N1CC(=O)n1nc(-c2ccco2)nc1NCc1ccc(Cl)cc1. The first kappa shape index (κ1) is 20.7. The van der Waals surface area contributed by atoms with Crippen LogP contribution in [0.2, 0.25) is 5.02 Å². The quantitative estimate of drug-likeness (QED) is 0.435. The highest BCUT2D eigenvalue weighted by atomic mass is 35.5. The third-order valence-corrected chi connectivity index (χ3v) is 5.37. The zero-order chi connectivity index (χ0) is 22.9. The first-order chi connectivity index (χ1) is 16.0. The van der Waals surface area contributed by atoms with E-state index in [-0.39, 0.29) is 22.9 Å². The molecule has 0 saturated carbocycles. The maximum atomic E-state index is 13.1. The van der Waals surface area contributed by atoms with Gasteiger partial charge in [-0.3, -0.25) is 19.3 Å². The summed E-state index contributed by atoms with van der Waals surface area (Å²) in [6, 6.07) is 17.0. The number of rotatable bonds is 6. The van der Waals surface area contributed by atoms with Gasteiger partial charge in [0.15, 0.2) is 5.76 Å². The molecule has 1 aliphatic heterocycles. The van der Waals surface area contributed by atoms with E-state index in [0.717, 1.165) is 15.1 Å². The van der Waals surface area contributed by atoms with E-state index in [0.29, 0.717) is 17.3 Å². The van der Waals surface area contributed by atoms with Gasteiger partial charge in [0, 0.05) is 11.6 Å². The predicted octanol–water partition coefficient (Wildman–Crippen LogP) is 3.74. The second kappa shape index (κ2) is 8.36. The number of furan rings is 1. The molecule has 0 bridgehead atoms. The van der Waals surface area contributed by atoms with Crippen LogP contribution in [-0.2, 0) is 6.54 Å². The van der Waals surface area contributed by atoms with Gasteiger partial charge in [0.1, 0.15) is 6.54 Å². The summed E-state index contributed by atoms with van der Waals surface area (Å²) < 4.78 is 6.38. The van der Waals surface area contributed by atoms with Crippen LogP contribution in [0.5, 0.6) is 0 Å². The van der Waals surface area contributed by atoms with Crippen LogP contribution < -0.4 is 5.32 Å². The third-order valence-electron chi connectivity index (χ3n) is 5.12. The molecule has 5 rings (SSSR count). The van der Waals surface area contributed by atoms with Crippen molar-refractivity contribution in [3.05, 3.63) is 88.6 Å². The van der Waals surface area contributed by atoms with Crippen LogP contribution in [0.15, 0.2) is 71.3 Å². The number of nitrogens with one attached hydrogen (secondary N) is 1. The van der Waals surface area contributed by atoms with Crippen molar-refractivity contribution < 1.29 is 18.8 Å². The van der Waals surface area contributed by atoms with Crippen LogP contribution in [0, 0.1) is 0 Å². The number of carbonyl (C=O) groups is 3. The molecule has 33 heavy (non-hydrogen) atoms. The van der Waals surface area contributed by atoms with Gasteiger partial charge in [-0.25, -0.2) is 0 Å². The van der Waals surface area contributed by atoms with Gasteiger partial charge in [0.05, 0.1) is 17.4 Å². The van der Waals surface area contributed by atoms with Gasteiger partial charge in [-0.1, -0.05) is 35.9 Å². The number of nitrogens with zero attached hydrogens (tertiary/aromatic N) is 4. The van der Waals surface area contributed by atoms with E-state index in [2.05, 4.69) is 15.4 Å². The molecule has 0 atom stereocenters. The molecule has 3 heterocycles. The minimum absolute atomic E-state index is 0.151. The molecule has 0 saturated heterocycles. The first-order valence-corrected chi connectivity index (χ1v) is 10.4. The topological polar surface area (TPSA) is 110 Å². The van der Waals surface area contributed by atoms with Crippen LogP contribution in [0.3, 0.4) is 0 Å². The van der Waals surface area contributed by atoms with E-state index < -0.39 is 24.3 Å². The smallest absolute Gasteiger partial charge is 0.270 e. The number of aromatic nitrogens is 3. The van der Waals surface area contributed by atoms with Crippen molar-refractivity contribution in [1.82, 2.24) is 19.7 Å². The highest BCUT2D eigenvalue weighted by Crippen LogP contribution is 2.23. The number of hydrogen-bond donors (Lipinski definition) is 1. The Morgan fingerprint density at radius 3 is 2.30 bits per heavy atom. The molecule has 10 heteroatoms. The van der Waals surface area contributed by atoms with Gasteiger partial charge >= 0.3 is 0 Å². The third kappa shape index (κ3) is 3.90. The lowest BCUT2D eigenvalue weighted by molar-refractivity contribution is 0.0601. The lowest BCUT2D eigenvalue weighted by Crippen LogP contribution is -2.37. The maximum absolute atomic E-state index is 13.1. The molecule has 2 aromatic carbocycles. The summed E-state index contributed by atoms with van der Waals surface area (Å²) in [7, 11) is 0. The molecule has 1 N–H and O–H groups in total. The van der Waals surface area contributed by atoms with Crippen molar-refractivity contribution in [3.8, 4) is 11.6 Å². The Morgan fingerprint density at radius 2 is 1.67 bits per heavy atom. The Morgan fingerprint density at radius 1 is 0.970 bits per heavy atom. The average molecular weight is 462 g/mol. The van der Waals surface area contributed by atoms with Crippen LogP contribution in [0.4, 0.5) is 5.95 Å². The number of fused-ring (bicyclic) bond motifs is 1. The number of halogens is 1. The zero-order valence-corrected chi connectivity index (χ0v) is 17.8. The molecule has 0 spiro atoms. The van der Waals surface area contributed by atoms with E-state index in [1.165, 1.54) is 6.26 Å². The van der Waals surface area contributed by atoms with Crippen molar-refractivity contribution in [1.29, 1.82) is 0 Å². The van der Waals surface area contributed by atoms with Crippen molar-refractivity contribution in [2.24, 2.45) is 0 Å². The number of imide groups is 1. The number of hydrogen-bond acceptors (Lipinski definition) is 7. The fourth-order valence-electron chi connectivity index (χ4n) is 3.48. The minimum Gasteiger partial charge on any atom is -0.461 e. The fourth-order valence-corrected chi connectivity index (χ4v) is 3.60. The number of amides is 2. The van der Waals surface area contributed by atoms with Gasteiger partial charge in [0.2, 0.25) is 11.8 Å². The molecule has 0 unspecified atom stereocenters. The second-order valence-electron chi connectivity index (χ2n) is 7.26. The Bertz CT molecular complexity index is 1330. The number of carbonyl (C=O) groups excluding carboxylic acids is 3. The van der Waals surface area contributed by atoms with E-state index in [1.807, 2.05) is 12.1 Å². The van der Waals surface area contributed by atoms with E-state index in [4.69, 9.17) is 16.0 Å². The summed E-state index contributed by atoms with van der Waals surface area (Å²) in [6.07, 6.45) is 1.47. The van der Waals surface area contributed by atoms with Gasteiger partial charge in [-0.15, -0.1) is 5.10 Å². The molecule has 0 aliphatic carbocycles. The zero-order valence-electron chi connectivity index (χ0n) is 17.1. The molecule has 0 radical (unpaired) electrons. The van der Waals surface area contributed by atoms with Crippen molar-refractivity contribution >= 4 is 35.3 Å². The van der Waals surface area contributed by atoms with Crippen LogP contribution in [0.1, 0.15) is 31.1 Å². The highest BCUT2D eigenvalue weighted by Gasteiger charge is 2.37. The van der Waals surface area contributed by atoms with E-state index >= 15 is 0 Å². The van der Waals surface area contributed by atoms with Crippen LogP contribution in [0.25, 0.3) is 11.6 Å². The van der Waals surface area contributed by atoms with Gasteiger partial charge < -0.3 is 9.73 Å². The van der Waals surface area contributed by atoms with Gasteiger partial charge in [-0.05, 0) is 42.0 Å². The highest BCUT2D eigenvalue weighted by molar-refractivity contribution is 6.30. The second-order valence-corrected chi connectivity index (χ2v) is 7.70. The Hall–Kier alpha value is -4.24. The van der Waals surface area contributed by atoms with Gasteiger partial charge in [-0.2, -0.15) is 9.67 Å². The molecule has 0 fully saturated rings. The standard InChI is InChI=1S/C23H16ClN5O4/c24-15-9-7-14(8-10-15)12-25-23-26-20(18-6-3-11-33-18)27-29(23)19(30)13-28-21(31)16-4-1-2-5-17(16)22(28)32/h1-11H,12-13H2,(H,25,26,27). The van der Waals surface area contributed by atoms with E-state index in [9.17, 15) is 14.4 Å². The summed E-state index contributed by atoms with van der Waals surface area (Å²) in [5.74, 6) is -0.936. The molecule has 1 aliphatic rings. The number of benzene rings is 2. The van der Waals surface area contributed by atoms with Crippen molar-refractivity contribution in [2.75, 3.05) is 11.9 Å². The molecule has 4 aromatic rings. The average Bonchev–Trinajstić information content (AvgIpc) is 3.55. The molecule has 2 amide bonds. The minimum atomic E-state index is -0.603. The predicted molar refractivity (Wildman–Crippen MR) is 119 cm³/mol. The maximum Gasteiger partial charge on any atom is 0.270 e. The summed E-state index contributed by atoms with van der Waals surface area (Å²) in [4.78, 5) is 43.7.